The van der Waals surface area contributed by atoms with Crippen molar-refractivity contribution in [3.8, 4) is 0 Å². The van der Waals surface area contributed by atoms with Gasteiger partial charge in [0.15, 0.2) is 0 Å². The summed E-state index contributed by atoms with van der Waals surface area (Å²) in [5.41, 5.74) is 13.4. The molecule has 1 fully saturated rings. The van der Waals surface area contributed by atoms with E-state index < -0.39 is 0 Å². The molecule has 1 atom stereocenters. The van der Waals surface area contributed by atoms with Crippen molar-refractivity contribution in [2.75, 3.05) is 13.1 Å². The second kappa shape index (κ2) is 5.98. The van der Waals surface area contributed by atoms with Crippen LogP contribution in [0.4, 0.5) is 0 Å². The number of carbonyl (C=O) groups excluding carboxylic acids is 1. The zero-order valence-corrected chi connectivity index (χ0v) is 10.6. The normalized spacial score (nSPS) is 20.8. The fourth-order valence-electron chi connectivity index (χ4n) is 2.54. The van der Waals surface area contributed by atoms with Crippen molar-refractivity contribution >= 4 is 5.91 Å². The molecule has 4 nitrogen and oxygen atoms in total. The topological polar surface area (TPSA) is 72.3 Å². The van der Waals surface area contributed by atoms with Crippen molar-refractivity contribution in [3.05, 3.63) is 35.4 Å². The molecule has 2 rings (SSSR count). The van der Waals surface area contributed by atoms with Crippen LogP contribution in [0.25, 0.3) is 0 Å². The highest BCUT2D eigenvalue weighted by atomic mass is 16.1. The van der Waals surface area contributed by atoms with Crippen LogP contribution in [0, 0.1) is 5.92 Å². The number of hydrogen-bond acceptors (Lipinski definition) is 3. The molecule has 1 amide bonds. The fraction of sp³-hybridized carbons (Fsp3) is 0.500. The summed E-state index contributed by atoms with van der Waals surface area (Å²) in [6.07, 6.45) is 1.97. The number of hydrogen-bond donors (Lipinski definition) is 2. The molecule has 0 radical (unpaired) electrons. The monoisotopic (exact) mass is 247 g/mol. The highest BCUT2D eigenvalue weighted by molar-refractivity contribution is 5.76. The van der Waals surface area contributed by atoms with E-state index in [9.17, 15) is 4.79 Å². The molecule has 18 heavy (non-hydrogen) atoms. The molecule has 0 bridgehead atoms. The molecule has 1 aliphatic heterocycles. The van der Waals surface area contributed by atoms with E-state index in [2.05, 4.69) is 17.0 Å². The highest BCUT2D eigenvalue weighted by Crippen LogP contribution is 2.18. The summed E-state index contributed by atoms with van der Waals surface area (Å²) >= 11 is 0. The third-order valence-corrected chi connectivity index (χ3v) is 3.54. The van der Waals surface area contributed by atoms with Crippen molar-refractivity contribution in [3.63, 3.8) is 0 Å². The maximum absolute atomic E-state index is 11.2. The summed E-state index contributed by atoms with van der Waals surface area (Å²) < 4.78 is 0. The second-order valence-electron chi connectivity index (χ2n) is 5.00. The minimum atomic E-state index is -0.171. The first-order valence-corrected chi connectivity index (χ1v) is 6.48. The summed E-state index contributed by atoms with van der Waals surface area (Å²) in [6, 6.07) is 8.31. The first kappa shape index (κ1) is 13.1. The molecule has 0 spiro atoms. The Kier molecular flexibility index (Phi) is 4.33. The number of nitrogens with zero attached hydrogens (tertiary/aromatic N) is 1. The van der Waals surface area contributed by atoms with E-state index in [1.165, 1.54) is 5.56 Å². The lowest BCUT2D eigenvalue weighted by molar-refractivity contribution is -0.123. The molecule has 4 N–H and O–H groups in total. The third-order valence-electron chi connectivity index (χ3n) is 3.54. The third kappa shape index (κ3) is 3.31. The van der Waals surface area contributed by atoms with Gasteiger partial charge in [0.2, 0.25) is 5.91 Å². The number of nitrogens with two attached hydrogens (primary N) is 2. The molecule has 1 aromatic carbocycles. The van der Waals surface area contributed by atoms with Crippen molar-refractivity contribution in [1.29, 1.82) is 0 Å². The minimum Gasteiger partial charge on any atom is -0.369 e. The second-order valence-corrected chi connectivity index (χ2v) is 5.00. The van der Waals surface area contributed by atoms with Crippen LogP contribution in [0.15, 0.2) is 24.3 Å². The lowest BCUT2D eigenvalue weighted by atomic mass is 9.97. The van der Waals surface area contributed by atoms with Crippen LogP contribution in [0.3, 0.4) is 0 Å². The van der Waals surface area contributed by atoms with E-state index in [4.69, 9.17) is 11.5 Å². The number of amides is 1. The standard InChI is InChI=1S/C14H21N3O/c15-8-11-3-1-4-12(7-11)9-17-6-2-5-13(10-17)14(16)18/h1,3-4,7,13H,2,5-6,8-10,15H2,(H2,16,18). The number of benzene rings is 1. The predicted molar refractivity (Wildman–Crippen MR) is 71.5 cm³/mol. The van der Waals surface area contributed by atoms with Gasteiger partial charge >= 0.3 is 0 Å². The Balaban J connectivity index is 1.97. The minimum absolute atomic E-state index is 0.0106. The van der Waals surface area contributed by atoms with Crippen LogP contribution in [0.2, 0.25) is 0 Å². The molecular weight excluding hydrogens is 226 g/mol. The highest BCUT2D eigenvalue weighted by Gasteiger charge is 2.23. The molecule has 98 valence electrons. The molecule has 4 heteroatoms. The zero-order chi connectivity index (χ0) is 13.0. The van der Waals surface area contributed by atoms with Gasteiger partial charge in [-0.3, -0.25) is 9.69 Å². The Morgan fingerprint density at radius 2 is 2.17 bits per heavy atom. The van der Waals surface area contributed by atoms with Crippen LogP contribution >= 0.6 is 0 Å². The molecular formula is C14H21N3O. The lowest BCUT2D eigenvalue weighted by Crippen LogP contribution is -2.40. The Hall–Kier alpha value is -1.39. The van der Waals surface area contributed by atoms with Crippen molar-refractivity contribution in [2.45, 2.75) is 25.9 Å². The number of piperidine rings is 1. The summed E-state index contributed by atoms with van der Waals surface area (Å²) in [6.45, 7) is 3.26. The molecule has 1 heterocycles. The number of rotatable bonds is 4. The van der Waals surface area contributed by atoms with Gasteiger partial charge in [-0.15, -0.1) is 0 Å². The maximum atomic E-state index is 11.2. The molecule has 1 unspecified atom stereocenters. The van der Waals surface area contributed by atoms with Crippen LogP contribution < -0.4 is 11.5 Å². The number of likely N-dealkylation sites (tertiary alicyclic amines) is 1. The summed E-state index contributed by atoms with van der Waals surface area (Å²) in [5.74, 6) is -0.160. The Morgan fingerprint density at radius 3 is 2.89 bits per heavy atom. The van der Waals surface area contributed by atoms with E-state index in [0.29, 0.717) is 6.54 Å². The van der Waals surface area contributed by atoms with E-state index in [0.717, 1.165) is 38.0 Å². The van der Waals surface area contributed by atoms with Crippen LogP contribution in [-0.2, 0) is 17.9 Å². The summed E-state index contributed by atoms with van der Waals surface area (Å²) in [5, 5.41) is 0. The van der Waals surface area contributed by atoms with Gasteiger partial charge in [0.05, 0.1) is 5.92 Å². The van der Waals surface area contributed by atoms with Gasteiger partial charge in [-0.2, -0.15) is 0 Å². The van der Waals surface area contributed by atoms with E-state index in [1.807, 2.05) is 12.1 Å². The molecule has 0 aromatic heterocycles. The Morgan fingerprint density at radius 1 is 1.39 bits per heavy atom. The van der Waals surface area contributed by atoms with Gasteiger partial charge in [0.25, 0.3) is 0 Å². The molecule has 1 aliphatic rings. The largest absolute Gasteiger partial charge is 0.369 e. The molecule has 1 aromatic rings. The predicted octanol–water partition coefficient (Wildman–Crippen LogP) is 0.843. The zero-order valence-electron chi connectivity index (χ0n) is 10.6. The van der Waals surface area contributed by atoms with Crippen molar-refractivity contribution < 1.29 is 4.79 Å². The van der Waals surface area contributed by atoms with Crippen molar-refractivity contribution in [1.82, 2.24) is 4.90 Å². The van der Waals surface area contributed by atoms with Gasteiger partial charge in [0, 0.05) is 19.6 Å². The lowest BCUT2D eigenvalue weighted by Gasteiger charge is -2.31. The molecule has 0 aliphatic carbocycles. The van der Waals surface area contributed by atoms with Crippen LogP contribution in [0.1, 0.15) is 24.0 Å². The Bertz CT molecular complexity index is 419. The first-order valence-electron chi connectivity index (χ1n) is 6.48. The van der Waals surface area contributed by atoms with Gasteiger partial charge in [-0.1, -0.05) is 24.3 Å². The van der Waals surface area contributed by atoms with Crippen molar-refractivity contribution in [2.24, 2.45) is 17.4 Å². The van der Waals surface area contributed by atoms with Gasteiger partial charge in [-0.05, 0) is 30.5 Å². The van der Waals surface area contributed by atoms with E-state index in [1.54, 1.807) is 0 Å². The number of carbonyl (C=O) groups is 1. The average Bonchev–Trinajstić information content (AvgIpc) is 2.39. The van der Waals surface area contributed by atoms with Gasteiger partial charge in [-0.25, -0.2) is 0 Å². The number of primary amides is 1. The smallest absolute Gasteiger partial charge is 0.221 e. The average molecular weight is 247 g/mol. The SMILES string of the molecule is NCc1cccc(CN2CCCC(C(N)=O)C2)c1. The van der Waals surface area contributed by atoms with Gasteiger partial charge < -0.3 is 11.5 Å². The van der Waals surface area contributed by atoms with Crippen LogP contribution in [0.5, 0.6) is 0 Å². The first-order chi connectivity index (χ1) is 8.69. The van der Waals surface area contributed by atoms with Gasteiger partial charge in [0.1, 0.15) is 0 Å². The fourth-order valence-corrected chi connectivity index (χ4v) is 2.54. The quantitative estimate of drug-likeness (QED) is 0.828. The Labute approximate surface area is 108 Å². The molecule has 1 saturated heterocycles. The molecule has 0 saturated carbocycles. The van der Waals surface area contributed by atoms with E-state index >= 15 is 0 Å². The summed E-state index contributed by atoms with van der Waals surface area (Å²) in [7, 11) is 0. The maximum Gasteiger partial charge on any atom is 0.221 e. The summed E-state index contributed by atoms with van der Waals surface area (Å²) in [4.78, 5) is 13.5. The van der Waals surface area contributed by atoms with Crippen LogP contribution in [-0.4, -0.2) is 23.9 Å². The van der Waals surface area contributed by atoms with E-state index in [-0.39, 0.29) is 11.8 Å².